The van der Waals surface area contributed by atoms with E-state index in [2.05, 4.69) is 36.0 Å². The lowest BCUT2D eigenvalue weighted by Gasteiger charge is -2.42. The number of nitrogens with one attached hydrogen (secondary N) is 1. The molecule has 2 heterocycles. The van der Waals surface area contributed by atoms with E-state index in [1.54, 1.807) is 0 Å². The first kappa shape index (κ1) is 13.3. The Kier molecular flexibility index (Phi) is 4.83. The highest BCUT2D eigenvalue weighted by atomic mass is 15.2. The summed E-state index contributed by atoms with van der Waals surface area (Å²) in [7, 11) is 2.25. The molecular weight excluding hydrogens is 210 g/mol. The molecule has 0 aromatic heterocycles. The van der Waals surface area contributed by atoms with Crippen molar-refractivity contribution in [3.8, 4) is 0 Å². The Balaban J connectivity index is 1.80. The fraction of sp³-hybridized carbons (Fsp3) is 1.00. The Labute approximate surface area is 107 Å². The third-order valence-electron chi connectivity index (χ3n) is 4.23. The van der Waals surface area contributed by atoms with Gasteiger partial charge in [0.2, 0.25) is 0 Å². The number of nitrogens with zero attached hydrogens (tertiary/aromatic N) is 2. The summed E-state index contributed by atoms with van der Waals surface area (Å²) in [4.78, 5) is 5.21. The Morgan fingerprint density at radius 3 is 2.41 bits per heavy atom. The zero-order valence-electron chi connectivity index (χ0n) is 11.8. The molecule has 0 radical (unpaired) electrons. The van der Waals surface area contributed by atoms with Crippen molar-refractivity contribution in [2.24, 2.45) is 0 Å². The van der Waals surface area contributed by atoms with Crippen molar-refractivity contribution in [3.05, 3.63) is 0 Å². The van der Waals surface area contributed by atoms with E-state index in [0.29, 0.717) is 6.04 Å². The average Bonchev–Trinajstić information content (AvgIpc) is 2.29. The van der Waals surface area contributed by atoms with E-state index >= 15 is 0 Å². The van der Waals surface area contributed by atoms with Gasteiger partial charge >= 0.3 is 0 Å². The van der Waals surface area contributed by atoms with Gasteiger partial charge in [-0.15, -0.1) is 0 Å². The van der Waals surface area contributed by atoms with Gasteiger partial charge in [0, 0.05) is 24.7 Å². The summed E-state index contributed by atoms with van der Waals surface area (Å²) in [5.74, 6) is 0. The van der Waals surface area contributed by atoms with Crippen molar-refractivity contribution in [1.29, 1.82) is 0 Å². The number of hydrogen-bond acceptors (Lipinski definition) is 3. The normalized spacial score (nSPS) is 30.0. The molecule has 2 aliphatic heterocycles. The number of piperidine rings is 2. The van der Waals surface area contributed by atoms with Crippen molar-refractivity contribution >= 4 is 0 Å². The minimum absolute atomic E-state index is 0.623. The monoisotopic (exact) mass is 239 g/mol. The first-order valence-corrected chi connectivity index (χ1v) is 7.34. The molecule has 0 aromatic rings. The predicted molar refractivity (Wildman–Crippen MR) is 73.4 cm³/mol. The summed E-state index contributed by atoms with van der Waals surface area (Å²) >= 11 is 0. The van der Waals surface area contributed by atoms with Gasteiger partial charge in [-0.05, 0) is 52.4 Å². The maximum absolute atomic E-state index is 3.71. The van der Waals surface area contributed by atoms with E-state index in [0.717, 1.165) is 12.1 Å². The fourth-order valence-electron chi connectivity index (χ4n) is 3.31. The van der Waals surface area contributed by atoms with E-state index in [1.165, 1.54) is 51.9 Å². The summed E-state index contributed by atoms with van der Waals surface area (Å²) < 4.78 is 0. The number of hydrogen-bond donors (Lipinski definition) is 1. The highest BCUT2D eigenvalue weighted by molar-refractivity contribution is 4.86. The van der Waals surface area contributed by atoms with Gasteiger partial charge in [-0.3, -0.25) is 4.90 Å². The van der Waals surface area contributed by atoms with Crippen LogP contribution in [0.4, 0.5) is 0 Å². The molecule has 3 heteroatoms. The van der Waals surface area contributed by atoms with E-state index in [-0.39, 0.29) is 0 Å². The molecule has 1 N–H and O–H groups in total. The molecule has 2 saturated heterocycles. The quantitative estimate of drug-likeness (QED) is 0.806. The largest absolute Gasteiger partial charge is 0.311 e. The van der Waals surface area contributed by atoms with Crippen molar-refractivity contribution in [1.82, 2.24) is 15.1 Å². The standard InChI is InChI=1S/C14H29N3/c1-12(2)15-13-5-4-8-17(11-13)14-6-9-16(3)10-7-14/h12-15H,4-11H2,1-3H3. The second-order valence-corrected chi connectivity index (χ2v) is 6.19. The summed E-state index contributed by atoms with van der Waals surface area (Å²) in [6, 6.07) is 2.20. The SMILES string of the molecule is CC(C)NC1CCCN(C2CCN(C)CC2)C1. The van der Waals surface area contributed by atoms with E-state index < -0.39 is 0 Å². The minimum atomic E-state index is 0.623. The lowest BCUT2D eigenvalue weighted by molar-refractivity contribution is 0.0864. The van der Waals surface area contributed by atoms with Crippen LogP contribution in [0.3, 0.4) is 0 Å². The third kappa shape index (κ3) is 3.94. The molecule has 100 valence electrons. The molecule has 0 aromatic carbocycles. The molecule has 0 amide bonds. The highest BCUT2D eigenvalue weighted by Crippen LogP contribution is 2.20. The van der Waals surface area contributed by atoms with Gasteiger partial charge in [0.25, 0.3) is 0 Å². The van der Waals surface area contributed by atoms with E-state index in [4.69, 9.17) is 0 Å². The third-order valence-corrected chi connectivity index (χ3v) is 4.23. The molecule has 1 unspecified atom stereocenters. The Morgan fingerprint density at radius 2 is 1.76 bits per heavy atom. The molecule has 2 rings (SSSR count). The van der Waals surface area contributed by atoms with Gasteiger partial charge in [-0.25, -0.2) is 0 Å². The van der Waals surface area contributed by atoms with Crippen molar-refractivity contribution in [3.63, 3.8) is 0 Å². The lowest BCUT2D eigenvalue weighted by atomic mass is 9.98. The van der Waals surface area contributed by atoms with E-state index in [9.17, 15) is 0 Å². The molecule has 0 spiro atoms. The zero-order chi connectivity index (χ0) is 12.3. The van der Waals surface area contributed by atoms with Crippen LogP contribution in [0.15, 0.2) is 0 Å². The first-order valence-electron chi connectivity index (χ1n) is 7.34. The van der Waals surface area contributed by atoms with Crippen LogP contribution in [0.2, 0.25) is 0 Å². The molecule has 2 fully saturated rings. The summed E-state index contributed by atoms with van der Waals surface area (Å²) in [6.07, 6.45) is 5.47. The summed E-state index contributed by atoms with van der Waals surface area (Å²) in [5, 5.41) is 3.71. The van der Waals surface area contributed by atoms with Crippen LogP contribution >= 0.6 is 0 Å². The molecule has 1 atom stereocenters. The number of rotatable bonds is 3. The molecule has 3 nitrogen and oxygen atoms in total. The van der Waals surface area contributed by atoms with Crippen LogP contribution in [0.1, 0.15) is 39.5 Å². The lowest BCUT2D eigenvalue weighted by Crippen LogP contribution is -2.53. The first-order chi connectivity index (χ1) is 8.15. The van der Waals surface area contributed by atoms with E-state index in [1.807, 2.05) is 0 Å². The van der Waals surface area contributed by atoms with Crippen LogP contribution < -0.4 is 5.32 Å². The second kappa shape index (κ2) is 6.17. The predicted octanol–water partition coefficient (Wildman–Crippen LogP) is 1.54. The van der Waals surface area contributed by atoms with Gasteiger partial charge in [-0.2, -0.15) is 0 Å². The summed E-state index contributed by atoms with van der Waals surface area (Å²) in [5.41, 5.74) is 0. The van der Waals surface area contributed by atoms with Crippen LogP contribution in [-0.2, 0) is 0 Å². The molecule has 0 bridgehead atoms. The topological polar surface area (TPSA) is 18.5 Å². The maximum atomic E-state index is 3.71. The molecule has 2 aliphatic rings. The van der Waals surface area contributed by atoms with Gasteiger partial charge in [0.15, 0.2) is 0 Å². The van der Waals surface area contributed by atoms with Crippen molar-refractivity contribution < 1.29 is 0 Å². The second-order valence-electron chi connectivity index (χ2n) is 6.19. The molecule has 17 heavy (non-hydrogen) atoms. The summed E-state index contributed by atoms with van der Waals surface area (Å²) in [6.45, 7) is 9.67. The average molecular weight is 239 g/mol. The van der Waals surface area contributed by atoms with Crippen molar-refractivity contribution in [2.75, 3.05) is 33.2 Å². The van der Waals surface area contributed by atoms with Crippen LogP contribution in [0, 0.1) is 0 Å². The van der Waals surface area contributed by atoms with Gasteiger partial charge in [-0.1, -0.05) is 13.8 Å². The Bertz CT molecular complexity index is 222. The maximum Gasteiger partial charge on any atom is 0.0197 e. The fourth-order valence-corrected chi connectivity index (χ4v) is 3.31. The smallest absolute Gasteiger partial charge is 0.0197 e. The van der Waals surface area contributed by atoms with Gasteiger partial charge in [0.05, 0.1) is 0 Å². The van der Waals surface area contributed by atoms with Gasteiger partial charge < -0.3 is 10.2 Å². The number of likely N-dealkylation sites (tertiary alicyclic amines) is 2. The minimum Gasteiger partial charge on any atom is -0.311 e. The van der Waals surface area contributed by atoms with Gasteiger partial charge in [0.1, 0.15) is 0 Å². The van der Waals surface area contributed by atoms with Crippen LogP contribution in [0.25, 0.3) is 0 Å². The van der Waals surface area contributed by atoms with Crippen LogP contribution in [0.5, 0.6) is 0 Å². The molecule has 0 saturated carbocycles. The Morgan fingerprint density at radius 1 is 1.06 bits per heavy atom. The Hall–Kier alpha value is -0.120. The highest BCUT2D eigenvalue weighted by Gasteiger charge is 2.27. The van der Waals surface area contributed by atoms with Crippen LogP contribution in [-0.4, -0.2) is 61.2 Å². The zero-order valence-corrected chi connectivity index (χ0v) is 11.8. The molecular formula is C14H29N3. The van der Waals surface area contributed by atoms with Crippen molar-refractivity contribution in [2.45, 2.75) is 57.7 Å². The molecule has 0 aliphatic carbocycles.